The van der Waals surface area contributed by atoms with Crippen molar-refractivity contribution < 1.29 is 8.42 Å². The van der Waals surface area contributed by atoms with E-state index >= 15 is 0 Å². The largest absolute Gasteiger partial charge is 0.292 e. The van der Waals surface area contributed by atoms with E-state index in [1.807, 2.05) is 11.6 Å². The van der Waals surface area contributed by atoms with Gasteiger partial charge in [-0.1, -0.05) is 6.42 Å². The molecule has 3 fully saturated rings. The van der Waals surface area contributed by atoms with Crippen LogP contribution in [-0.2, 0) is 10.0 Å². The molecule has 4 rings (SSSR count). The molecule has 0 N–H and O–H groups in total. The van der Waals surface area contributed by atoms with Crippen molar-refractivity contribution in [2.75, 3.05) is 26.2 Å². The Morgan fingerprint density at radius 1 is 1.22 bits per heavy atom. The van der Waals surface area contributed by atoms with Crippen molar-refractivity contribution in [3.8, 4) is 0 Å². The van der Waals surface area contributed by atoms with Gasteiger partial charge in [0.25, 0.3) is 0 Å². The minimum Gasteiger partial charge on any atom is -0.292 e. The number of piperazine rings is 1. The zero-order valence-electron chi connectivity index (χ0n) is 13.6. The number of hydrogen-bond acceptors (Lipinski definition) is 5. The van der Waals surface area contributed by atoms with Crippen molar-refractivity contribution in [2.45, 2.75) is 43.9 Å². The fraction of sp³-hybridized carbons (Fsp3) is 0.812. The lowest BCUT2D eigenvalue weighted by atomic mass is 10.0. The van der Waals surface area contributed by atoms with Crippen molar-refractivity contribution in [3.05, 3.63) is 16.6 Å². The average Bonchev–Trinajstić information content (AvgIpc) is 3.31. The van der Waals surface area contributed by atoms with Crippen molar-refractivity contribution in [1.82, 2.24) is 14.2 Å². The third kappa shape index (κ3) is 2.86. The Balaban J connectivity index is 1.39. The summed E-state index contributed by atoms with van der Waals surface area (Å²) >= 11 is 1.67. The van der Waals surface area contributed by atoms with E-state index in [1.165, 1.54) is 6.42 Å². The standard InChI is InChI=1S/C16H25N3O2S2/c1-12(16-17-4-9-22-16)18-5-7-19(8-6-18)23(20,21)15-11-13-2-3-14(15)10-13/h4,9,12-15H,2-3,5-8,10-11H2,1H3/t12?,13-,14+,15?/m1/s1. The summed E-state index contributed by atoms with van der Waals surface area (Å²) in [7, 11) is -3.10. The quantitative estimate of drug-likeness (QED) is 0.832. The summed E-state index contributed by atoms with van der Waals surface area (Å²) in [6.07, 6.45) is 6.26. The molecule has 1 saturated heterocycles. The first kappa shape index (κ1) is 16.0. The van der Waals surface area contributed by atoms with Crippen LogP contribution in [-0.4, -0.2) is 54.0 Å². The summed E-state index contributed by atoms with van der Waals surface area (Å²) in [5, 5.41) is 3.03. The maximum Gasteiger partial charge on any atom is 0.217 e. The predicted octanol–water partition coefficient (Wildman–Crippen LogP) is 2.34. The molecule has 2 unspecified atom stereocenters. The lowest BCUT2D eigenvalue weighted by Gasteiger charge is -2.38. The number of hydrogen-bond donors (Lipinski definition) is 0. The molecule has 5 nitrogen and oxygen atoms in total. The normalized spacial score (nSPS) is 34.0. The van der Waals surface area contributed by atoms with Gasteiger partial charge in [-0.3, -0.25) is 4.90 Å². The fourth-order valence-electron chi connectivity index (χ4n) is 4.68. The van der Waals surface area contributed by atoms with E-state index < -0.39 is 10.0 Å². The van der Waals surface area contributed by atoms with Crippen LogP contribution < -0.4 is 0 Å². The van der Waals surface area contributed by atoms with Crippen molar-refractivity contribution in [1.29, 1.82) is 0 Å². The molecule has 1 aliphatic heterocycles. The average molecular weight is 356 g/mol. The van der Waals surface area contributed by atoms with Crippen LogP contribution in [0.5, 0.6) is 0 Å². The number of rotatable bonds is 4. The maximum atomic E-state index is 13.0. The second-order valence-electron chi connectivity index (χ2n) is 7.24. The number of thiazole rings is 1. The van der Waals surface area contributed by atoms with Crippen molar-refractivity contribution in [3.63, 3.8) is 0 Å². The van der Waals surface area contributed by atoms with Crippen molar-refractivity contribution >= 4 is 21.4 Å². The van der Waals surface area contributed by atoms with E-state index in [4.69, 9.17) is 0 Å². The van der Waals surface area contributed by atoms with Crippen LogP contribution in [0.25, 0.3) is 0 Å². The number of sulfonamides is 1. The SMILES string of the molecule is CC(c1nccs1)N1CCN(S(=O)(=O)C2C[C@@H]3CC[C@H]2C3)CC1. The number of fused-ring (bicyclic) bond motifs is 2. The second-order valence-corrected chi connectivity index (χ2v) is 10.3. The third-order valence-corrected chi connectivity index (χ3v) is 9.42. The Bertz CT molecular complexity index is 638. The Morgan fingerprint density at radius 3 is 2.57 bits per heavy atom. The van der Waals surface area contributed by atoms with Gasteiger partial charge in [-0.05, 0) is 38.0 Å². The van der Waals surface area contributed by atoms with Crippen LogP contribution in [0.15, 0.2) is 11.6 Å². The number of nitrogens with zero attached hydrogens (tertiary/aromatic N) is 3. The van der Waals surface area contributed by atoms with Gasteiger partial charge in [0.2, 0.25) is 10.0 Å². The van der Waals surface area contributed by atoms with E-state index in [0.29, 0.717) is 24.9 Å². The predicted molar refractivity (Wildman–Crippen MR) is 91.8 cm³/mol. The van der Waals surface area contributed by atoms with Gasteiger partial charge in [0.15, 0.2) is 0 Å². The maximum absolute atomic E-state index is 13.0. The van der Waals surface area contributed by atoms with E-state index in [1.54, 1.807) is 15.6 Å². The van der Waals surface area contributed by atoms with Gasteiger partial charge in [0.05, 0.1) is 11.3 Å². The Hall–Kier alpha value is -0.500. The highest BCUT2D eigenvalue weighted by molar-refractivity contribution is 7.89. The molecule has 4 atom stereocenters. The van der Waals surface area contributed by atoms with E-state index in [9.17, 15) is 8.42 Å². The van der Waals surface area contributed by atoms with Gasteiger partial charge in [-0.15, -0.1) is 11.3 Å². The third-order valence-electron chi connectivity index (χ3n) is 6.05. The molecule has 23 heavy (non-hydrogen) atoms. The highest BCUT2D eigenvalue weighted by atomic mass is 32.2. The van der Waals surface area contributed by atoms with Gasteiger partial charge in [-0.2, -0.15) is 4.31 Å². The molecule has 2 heterocycles. The first-order valence-electron chi connectivity index (χ1n) is 8.68. The van der Waals surface area contributed by atoms with Crippen molar-refractivity contribution in [2.24, 2.45) is 11.8 Å². The van der Waals surface area contributed by atoms with Crippen LogP contribution in [0.1, 0.15) is 43.7 Å². The van der Waals surface area contributed by atoms with Gasteiger partial charge in [-0.25, -0.2) is 13.4 Å². The molecule has 0 spiro atoms. The zero-order chi connectivity index (χ0) is 16.0. The van der Waals surface area contributed by atoms with Gasteiger partial charge >= 0.3 is 0 Å². The number of aromatic nitrogens is 1. The summed E-state index contributed by atoms with van der Waals surface area (Å²) in [6, 6.07) is 0.280. The van der Waals surface area contributed by atoms with E-state index in [0.717, 1.165) is 37.4 Å². The van der Waals surface area contributed by atoms with Crippen LogP contribution in [0.3, 0.4) is 0 Å². The zero-order valence-corrected chi connectivity index (χ0v) is 15.2. The summed E-state index contributed by atoms with van der Waals surface area (Å²) in [5.74, 6) is 1.10. The summed E-state index contributed by atoms with van der Waals surface area (Å²) in [5.41, 5.74) is 0. The second kappa shape index (κ2) is 6.10. The molecular formula is C16H25N3O2S2. The molecule has 0 amide bonds. The van der Waals surface area contributed by atoms with Crippen LogP contribution >= 0.6 is 11.3 Å². The fourth-order valence-corrected chi connectivity index (χ4v) is 7.72. The molecule has 0 aromatic carbocycles. The summed E-state index contributed by atoms with van der Waals surface area (Å²) < 4.78 is 27.7. The molecule has 0 radical (unpaired) electrons. The Labute approximate surface area is 142 Å². The molecule has 3 aliphatic rings. The Kier molecular flexibility index (Phi) is 4.24. The Morgan fingerprint density at radius 2 is 2.00 bits per heavy atom. The smallest absolute Gasteiger partial charge is 0.217 e. The molecular weight excluding hydrogens is 330 g/mol. The lowest BCUT2D eigenvalue weighted by Crippen LogP contribution is -2.52. The molecule has 2 bridgehead atoms. The monoisotopic (exact) mass is 355 g/mol. The molecule has 2 saturated carbocycles. The molecule has 2 aliphatic carbocycles. The van der Waals surface area contributed by atoms with Crippen LogP contribution in [0, 0.1) is 11.8 Å². The topological polar surface area (TPSA) is 53.5 Å². The minimum atomic E-state index is -3.10. The first-order chi connectivity index (χ1) is 11.1. The molecule has 7 heteroatoms. The van der Waals surface area contributed by atoms with E-state index in [-0.39, 0.29) is 11.3 Å². The van der Waals surface area contributed by atoms with E-state index in [2.05, 4.69) is 16.8 Å². The van der Waals surface area contributed by atoms with Gasteiger partial charge in [0, 0.05) is 37.8 Å². The summed E-state index contributed by atoms with van der Waals surface area (Å²) in [6.45, 7) is 5.04. The van der Waals surface area contributed by atoms with Crippen LogP contribution in [0.2, 0.25) is 0 Å². The molecule has 1 aromatic heterocycles. The minimum absolute atomic E-state index is 0.0933. The summed E-state index contributed by atoms with van der Waals surface area (Å²) in [4.78, 5) is 6.75. The lowest BCUT2D eigenvalue weighted by molar-refractivity contribution is 0.144. The first-order valence-corrected chi connectivity index (χ1v) is 11.1. The van der Waals surface area contributed by atoms with Crippen LogP contribution in [0.4, 0.5) is 0 Å². The van der Waals surface area contributed by atoms with Gasteiger partial charge in [0.1, 0.15) is 5.01 Å². The van der Waals surface area contributed by atoms with Gasteiger partial charge < -0.3 is 0 Å². The molecule has 1 aromatic rings. The highest BCUT2D eigenvalue weighted by Crippen LogP contribution is 2.48. The molecule has 128 valence electrons. The highest BCUT2D eigenvalue weighted by Gasteiger charge is 2.48.